The standard InChI is InChI=1S/C23H25ClFN3O/c1-5-9-28-21-12-20(25)17(11-19(21)15(2)13-23(28,3)4)14-26-27-22(29)16-7-6-8-18(24)10-16/h6-8,10-14H,5,9H2,1-4H3,(H,27,29)/b26-14-. The molecule has 1 aliphatic rings. The van der Waals surface area contributed by atoms with Gasteiger partial charge in [0, 0.05) is 33.9 Å². The van der Waals surface area contributed by atoms with Crippen LogP contribution >= 0.6 is 11.6 Å². The highest BCUT2D eigenvalue weighted by atomic mass is 35.5. The van der Waals surface area contributed by atoms with Gasteiger partial charge in [-0.1, -0.05) is 30.7 Å². The Kier molecular flexibility index (Phi) is 6.08. The number of nitrogens with zero attached hydrogens (tertiary/aromatic N) is 2. The van der Waals surface area contributed by atoms with E-state index < -0.39 is 5.91 Å². The maximum atomic E-state index is 14.8. The van der Waals surface area contributed by atoms with Crippen molar-refractivity contribution in [2.24, 2.45) is 5.10 Å². The lowest BCUT2D eigenvalue weighted by Gasteiger charge is -2.43. The second-order valence-corrected chi connectivity index (χ2v) is 8.17. The van der Waals surface area contributed by atoms with Crippen molar-refractivity contribution < 1.29 is 9.18 Å². The normalized spacial score (nSPS) is 15.2. The molecule has 29 heavy (non-hydrogen) atoms. The van der Waals surface area contributed by atoms with Gasteiger partial charge in [0.1, 0.15) is 5.82 Å². The zero-order valence-electron chi connectivity index (χ0n) is 17.1. The molecule has 2 aromatic rings. The van der Waals surface area contributed by atoms with Crippen molar-refractivity contribution in [3.05, 3.63) is 70.0 Å². The Labute approximate surface area is 176 Å². The van der Waals surface area contributed by atoms with Crippen molar-refractivity contribution in [2.45, 2.75) is 39.7 Å². The van der Waals surface area contributed by atoms with Crippen molar-refractivity contribution in [1.29, 1.82) is 0 Å². The number of nitrogens with one attached hydrogen (secondary N) is 1. The average molecular weight is 414 g/mol. The summed E-state index contributed by atoms with van der Waals surface area (Å²) in [6, 6.07) is 9.89. The topological polar surface area (TPSA) is 44.7 Å². The lowest BCUT2D eigenvalue weighted by atomic mass is 9.88. The van der Waals surface area contributed by atoms with Gasteiger partial charge in [0.05, 0.1) is 11.8 Å². The lowest BCUT2D eigenvalue weighted by molar-refractivity contribution is 0.0955. The Bertz CT molecular complexity index is 998. The number of hydrazone groups is 1. The molecule has 3 rings (SSSR count). The molecule has 2 aromatic carbocycles. The van der Waals surface area contributed by atoms with E-state index in [1.54, 1.807) is 36.4 Å². The first kappa shape index (κ1) is 21.1. The zero-order valence-corrected chi connectivity index (χ0v) is 17.8. The minimum atomic E-state index is -0.408. The van der Waals surface area contributed by atoms with Crippen LogP contribution in [0.4, 0.5) is 10.1 Å². The Morgan fingerprint density at radius 2 is 2.07 bits per heavy atom. The molecule has 6 heteroatoms. The van der Waals surface area contributed by atoms with Gasteiger partial charge in [0.2, 0.25) is 0 Å². The van der Waals surface area contributed by atoms with E-state index in [2.05, 4.69) is 42.3 Å². The fourth-order valence-corrected chi connectivity index (χ4v) is 3.89. The van der Waals surface area contributed by atoms with Crippen molar-refractivity contribution >= 4 is 35.0 Å². The average Bonchev–Trinajstić information content (AvgIpc) is 2.65. The molecule has 4 nitrogen and oxygen atoms in total. The summed E-state index contributed by atoms with van der Waals surface area (Å²) >= 11 is 5.90. The van der Waals surface area contributed by atoms with Gasteiger partial charge in [-0.15, -0.1) is 0 Å². The van der Waals surface area contributed by atoms with E-state index in [1.165, 1.54) is 6.21 Å². The number of hydrogen-bond donors (Lipinski definition) is 1. The SMILES string of the molecule is CCCN1c2cc(F)c(/C=N\NC(=O)c3cccc(Cl)c3)cc2C(C)=CC1(C)C. The molecule has 0 atom stereocenters. The first-order chi connectivity index (χ1) is 13.7. The van der Waals surface area contributed by atoms with Crippen LogP contribution in [0.5, 0.6) is 0 Å². The Balaban J connectivity index is 1.86. The monoisotopic (exact) mass is 413 g/mol. The summed E-state index contributed by atoms with van der Waals surface area (Å²) in [6.07, 6.45) is 4.50. The molecular weight excluding hydrogens is 389 g/mol. The molecule has 1 heterocycles. The third-order valence-corrected chi connectivity index (χ3v) is 5.23. The van der Waals surface area contributed by atoms with E-state index >= 15 is 0 Å². The summed E-state index contributed by atoms with van der Waals surface area (Å²) in [4.78, 5) is 14.4. The van der Waals surface area contributed by atoms with Crippen molar-refractivity contribution in [2.75, 3.05) is 11.4 Å². The number of halogens is 2. The largest absolute Gasteiger partial charge is 0.362 e. The number of carbonyl (C=O) groups excluding carboxylic acids is 1. The van der Waals surface area contributed by atoms with Crippen LogP contribution in [0.15, 0.2) is 47.6 Å². The number of amides is 1. The van der Waals surface area contributed by atoms with Gasteiger partial charge in [0.25, 0.3) is 5.91 Å². The van der Waals surface area contributed by atoms with Gasteiger partial charge < -0.3 is 4.90 Å². The summed E-state index contributed by atoms with van der Waals surface area (Å²) < 4.78 is 14.8. The van der Waals surface area contributed by atoms with Gasteiger partial charge in [-0.2, -0.15) is 5.10 Å². The molecule has 1 amide bonds. The van der Waals surface area contributed by atoms with E-state index in [1.807, 2.05) is 6.92 Å². The molecule has 152 valence electrons. The Hall–Kier alpha value is -2.66. The first-order valence-electron chi connectivity index (χ1n) is 9.63. The second kappa shape index (κ2) is 8.37. The van der Waals surface area contributed by atoms with Crippen LogP contribution in [0.1, 0.15) is 55.6 Å². The predicted octanol–water partition coefficient (Wildman–Crippen LogP) is 5.65. The molecule has 0 radical (unpaired) electrons. The zero-order chi connectivity index (χ0) is 21.2. The summed E-state index contributed by atoms with van der Waals surface area (Å²) in [6.45, 7) is 9.25. The Morgan fingerprint density at radius 1 is 1.31 bits per heavy atom. The van der Waals surface area contributed by atoms with Gasteiger partial charge in [-0.3, -0.25) is 4.79 Å². The molecular formula is C23H25ClFN3O. The fourth-order valence-electron chi connectivity index (χ4n) is 3.70. The molecule has 0 aromatic heterocycles. The van der Waals surface area contributed by atoms with E-state index in [4.69, 9.17) is 11.6 Å². The van der Waals surface area contributed by atoms with Gasteiger partial charge >= 0.3 is 0 Å². The number of benzene rings is 2. The van der Waals surface area contributed by atoms with Crippen LogP contribution in [0, 0.1) is 5.82 Å². The van der Waals surface area contributed by atoms with Gasteiger partial charge in [0.15, 0.2) is 0 Å². The van der Waals surface area contributed by atoms with E-state index in [0.717, 1.165) is 29.8 Å². The third kappa shape index (κ3) is 4.51. The summed E-state index contributed by atoms with van der Waals surface area (Å²) in [5, 5.41) is 4.39. The van der Waals surface area contributed by atoms with Gasteiger partial charge in [-0.05, 0) is 63.1 Å². The van der Waals surface area contributed by atoms with Crippen LogP contribution in [0.3, 0.4) is 0 Å². The molecule has 1 aliphatic heterocycles. The molecule has 0 unspecified atom stereocenters. The number of anilines is 1. The third-order valence-electron chi connectivity index (χ3n) is 5.00. The second-order valence-electron chi connectivity index (χ2n) is 7.73. The first-order valence-corrected chi connectivity index (χ1v) is 10.0. The minimum absolute atomic E-state index is 0.180. The Morgan fingerprint density at radius 3 is 2.76 bits per heavy atom. The van der Waals surface area contributed by atoms with Gasteiger partial charge in [-0.25, -0.2) is 9.82 Å². The van der Waals surface area contributed by atoms with E-state index in [-0.39, 0.29) is 11.4 Å². The predicted molar refractivity (Wildman–Crippen MR) is 118 cm³/mol. The molecule has 0 aliphatic carbocycles. The fraction of sp³-hybridized carbons (Fsp3) is 0.304. The van der Waals surface area contributed by atoms with Crippen LogP contribution in [0.25, 0.3) is 5.57 Å². The summed E-state index contributed by atoms with van der Waals surface area (Å²) in [5.74, 6) is -0.787. The number of rotatable bonds is 5. The number of carbonyl (C=O) groups is 1. The van der Waals surface area contributed by atoms with Crippen LogP contribution in [-0.2, 0) is 0 Å². The summed E-state index contributed by atoms with van der Waals surface area (Å²) in [7, 11) is 0. The maximum absolute atomic E-state index is 14.8. The molecule has 0 saturated heterocycles. The lowest BCUT2D eigenvalue weighted by Crippen LogP contribution is -2.45. The molecule has 0 bridgehead atoms. The van der Waals surface area contributed by atoms with Crippen molar-refractivity contribution in [1.82, 2.24) is 5.43 Å². The van der Waals surface area contributed by atoms with Crippen LogP contribution < -0.4 is 10.3 Å². The smallest absolute Gasteiger partial charge is 0.271 e. The molecule has 0 fully saturated rings. The molecule has 0 spiro atoms. The van der Waals surface area contributed by atoms with Crippen LogP contribution in [0.2, 0.25) is 5.02 Å². The van der Waals surface area contributed by atoms with Crippen molar-refractivity contribution in [3.63, 3.8) is 0 Å². The highest BCUT2D eigenvalue weighted by Gasteiger charge is 2.31. The summed E-state index contributed by atoms with van der Waals surface area (Å²) in [5.41, 5.74) is 5.89. The number of hydrogen-bond acceptors (Lipinski definition) is 3. The van der Waals surface area contributed by atoms with E-state index in [9.17, 15) is 9.18 Å². The highest BCUT2D eigenvalue weighted by Crippen LogP contribution is 2.39. The highest BCUT2D eigenvalue weighted by molar-refractivity contribution is 6.30. The van der Waals surface area contributed by atoms with Crippen LogP contribution in [-0.4, -0.2) is 24.2 Å². The number of fused-ring (bicyclic) bond motifs is 1. The number of allylic oxidation sites excluding steroid dienone is 1. The molecule has 0 saturated carbocycles. The van der Waals surface area contributed by atoms with Crippen molar-refractivity contribution in [3.8, 4) is 0 Å². The van der Waals surface area contributed by atoms with E-state index in [0.29, 0.717) is 16.1 Å². The maximum Gasteiger partial charge on any atom is 0.271 e. The quantitative estimate of drug-likeness (QED) is 0.508. The molecule has 1 N–H and O–H groups in total. The minimum Gasteiger partial charge on any atom is -0.362 e.